The third kappa shape index (κ3) is 17.7. The highest BCUT2D eigenvalue weighted by Crippen LogP contribution is 2.34. The smallest absolute Gasteiger partial charge is 0.246 e. The molecule has 4 fully saturated rings. The Hall–Kier alpha value is -7.44. The molecule has 474 valence electrons. The Bertz CT molecular complexity index is 2620. The summed E-state index contributed by atoms with van der Waals surface area (Å²) in [5.41, 5.74) is 3.36. The Morgan fingerprint density at radius 2 is 0.716 bits per heavy atom. The molecule has 8 N–H and O–H groups in total. The van der Waals surface area contributed by atoms with E-state index >= 15 is 0 Å². The molecule has 2 saturated carbocycles. The van der Waals surface area contributed by atoms with Crippen molar-refractivity contribution in [1.82, 2.24) is 52.3 Å². The molecule has 0 spiro atoms. The maximum Gasteiger partial charge on any atom is 0.246 e. The molecule has 2 saturated heterocycles. The fourth-order valence-electron chi connectivity index (χ4n) is 13.6. The number of carbonyl (C=O) groups excluding carboxylic acids is 8. The molecule has 8 rings (SSSR count). The van der Waals surface area contributed by atoms with E-state index in [4.69, 9.17) is 0 Å². The Morgan fingerprint density at radius 3 is 1.02 bits per heavy atom. The van der Waals surface area contributed by atoms with Crippen molar-refractivity contribution in [3.63, 3.8) is 0 Å². The van der Waals surface area contributed by atoms with Crippen LogP contribution in [0.15, 0.2) is 121 Å². The monoisotopic (exact) mass is 1200 g/mol. The zero-order valence-electron chi connectivity index (χ0n) is 52.2. The van der Waals surface area contributed by atoms with Crippen molar-refractivity contribution in [3.05, 3.63) is 144 Å². The number of amides is 8. The van der Waals surface area contributed by atoms with Crippen molar-refractivity contribution in [2.24, 2.45) is 11.8 Å². The van der Waals surface area contributed by atoms with E-state index < -0.39 is 72.0 Å². The van der Waals surface area contributed by atoms with Gasteiger partial charge in [-0.2, -0.15) is 0 Å². The Balaban J connectivity index is 0.921. The van der Waals surface area contributed by atoms with Gasteiger partial charge in [0.15, 0.2) is 0 Å². The van der Waals surface area contributed by atoms with Crippen LogP contribution in [0.5, 0.6) is 0 Å². The summed E-state index contributed by atoms with van der Waals surface area (Å²) in [5, 5.41) is 24.7. The number of nitrogens with zero attached hydrogens (tertiary/aromatic N) is 2. The summed E-state index contributed by atoms with van der Waals surface area (Å²) in [6.45, 7) is 4.88. The summed E-state index contributed by atoms with van der Waals surface area (Å²) in [7, 11) is 3.41. The number of unbranched alkanes of at least 4 members (excludes halogenated alkanes) is 3. The molecular formula is C70H96N10O8. The van der Waals surface area contributed by atoms with Gasteiger partial charge in [-0.15, -0.1) is 0 Å². The highest BCUT2D eigenvalue weighted by Gasteiger charge is 2.45. The van der Waals surface area contributed by atoms with E-state index in [1.54, 1.807) is 37.7 Å². The van der Waals surface area contributed by atoms with Gasteiger partial charge in [-0.3, -0.25) is 38.4 Å². The van der Waals surface area contributed by atoms with E-state index in [1.165, 1.54) is 0 Å². The maximum atomic E-state index is 14.8. The molecule has 0 bridgehead atoms. The topological polar surface area (TPSA) is 239 Å². The van der Waals surface area contributed by atoms with Crippen LogP contribution in [-0.4, -0.2) is 146 Å². The molecular weight excluding hydrogens is 1110 g/mol. The number of carbonyl (C=O) groups is 8. The molecule has 18 nitrogen and oxygen atoms in total. The molecule has 4 aliphatic rings. The summed E-state index contributed by atoms with van der Waals surface area (Å²) >= 11 is 0. The third-order valence-electron chi connectivity index (χ3n) is 18.9. The van der Waals surface area contributed by atoms with Gasteiger partial charge in [0.05, 0.1) is 12.1 Å². The summed E-state index contributed by atoms with van der Waals surface area (Å²) in [6.07, 6.45) is 14.0. The van der Waals surface area contributed by atoms with Gasteiger partial charge in [0.2, 0.25) is 47.3 Å². The molecule has 2 aliphatic heterocycles. The number of nitrogens with one attached hydrogen (secondary N) is 8. The fraction of sp³-hybridized carbons (Fsp3) is 0.543. The van der Waals surface area contributed by atoms with E-state index in [1.807, 2.05) is 121 Å². The van der Waals surface area contributed by atoms with Crippen molar-refractivity contribution in [1.29, 1.82) is 0 Å². The number of likely N-dealkylation sites (tertiary alicyclic amines) is 2. The first-order chi connectivity index (χ1) is 42.8. The number of likely N-dealkylation sites (N-methyl/N-ethyl adjacent to an activating group) is 2. The van der Waals surface area contributed by atoms with Gasteiger partial charge in [-0.1, -0.05) is 173 Å². The summed E-state index contributed by atoms with van der Waals surface area (Å²) in [5.74, 6) is -3.84. The van der Waals surface area contributed by atoms with Gasteiger partial charge in [-0.25, -0.2) is 0 Å². The first-order valence-corrected chi connectivity index (χ1v) is 32.7. The first-order valence-electron chi connectivity index (χ1n) is 32.7. The van der Waals surface area contributed by atoms with E-state index in [9.17, 15) is 38.4 Å². The second kappa shape index (κ2) is 33.8. The minimum Gasteiger partial charge on any atom is -0.354 e. The fourth-order valence-corrected chi connectivity index (χ4v) is 13.6. The number of rotatable bonds is 29. The predicted molar refractivity (Wildman–Crippen MR) is 341 cm³/mol. The Kier molecular flexibility index (Phi) is 25.5. The van der Waals surface area contributed by atoms with Crippen LogP contribution < -0.4 is 42.5 Å². The van der Waals surface area contributed by atoms with Gasteiger partial charge in [-0.05, 0) is 126 Å². The quantitative estimate of drug-likeness (QED) is 0.0267. The minimum atomic E-state index is -1.05. The second-order valence-electron chi connectivity index (χ2n) is 24.7. The molecule has 0 radical (unpaired) electrons. The van der Waals surface area contributed by atoms with E-state index in [-0.39, 0.29) is 47.3 Å². The van der Waals surface area contributed by atoms with Gasteiger partial charge in [0, 0.05) is 38.0 Å². The van der Waals surface area contributed by atoms with Crippen LogP contribution in [0.2, 0.25) is 0 Å². The zero-order valence-corrected chi connectivity index (χ0v) is 52.2. The average Bonchev–Trinajstić information content (AvgIpc) is 4.40. The first kappa shape index (κ1) is 66.5. The van der Waals surface area contributed by atoms with Crippen LogP contribution in [0, 0.1) is 11.8 Å². The standard InChI is InChI=1S/C70H96N10O8/c1-47(71-3)63(81)75-59(53-37-21-11-22-38-53)69(87)79-45-27-41-55(79)65(83)77-61(57(49-29-13-7-14-30-49)50-31-15-8-16-32-50)67(85)73-43-25-5-6-26-44-74-68(86)62(58(51-33-17-9-18-34-51)52-35-19-10-20-36-52)78-66(84)56-42-28-46-80(56)70(88)60(54-39-23-12-24-40-54)76-64(82)48(2)72-4/h7-10,13-20,29-36,47-48,53-62,71-72H,5-6,11-12,21-28,37-46H2,1-4H3,(H,73,85)(H,74,86)(H,75,81)(H,76,82)(H,77,83)(H,78,84)/t47-,48-,55-,56?,59-,60-,61-,62-/m0/s1. The number of hydrogen-bond donors (Lipinski definition) is 8. The largest absolute Gasteiger partial charge is 0.354 e. The van der Waals surface area contributed by atoms with Crippen molar-refractivity contribution in [2.45, 2.75) is 190 Å². The molecule has 1 unspecified atom stereocenters. The summed E-state index contributed by atoms with van der Waals surface area (Å²) in [4.78, 5) is 118. The van der Waals surface area contributed by atoms with Gasteiger partial charge >= 0.3 is 0 Å². The van der Waals surface area contributed by atoms with Crippen molar-refractivity contribution in [3.8, 4) is 0 Å². The molecule has 8 atom stereocenters. The highest BCUT2D eigenvalue weighted by atomic mass is 16.2. The summed E-state index contributed by atoms with van der Waals surface area (Å²) < 4.78 is 0. The molecule has 4 aromatic rings. The SMILES string of the molecule is CN[C@@H](C)C(=O)N[C@H](C(=O)N1CCCC1C(=O)N[C@H](C(=O)NCCCCCCNC(=O)[C@@H](NC(=O)[C@@H]1CCCN1C(=O)[C@@H](NC(=O)[C@H](C)NC)C1CCCCC1)C(c1ccccc1)c1ccccc1)C(c1ccccc1)c1ccccc1)C1CCCCC1. The van der Waals surface area contributed by atoms with Crippen LogP contribution >= 0.6 is 0 Å². The zero-order chi connectivity index (χ0) is 62.4. The number of benzene rings is 4. The minimum absolute atomic E-state index is 0.0457. The van der Waals surface area contributed by atoms with E-state index in [2.05, 4.69) is 42.5 Å². The van der Waals surface area contributed by atoms with Crippen molar-refractivity contribution < 1.29 is 38.4 Å². The Labute approximate surface area is 521 Å². The normalized spacial score (nSPS) is 19.4. The summed E-state index contributed by atoms with van der Waals surface area (Å²) in [6, 6.07) is 32.3. The van der Waals surface area contributed by atoms with Crippen LogP contribution in [0.4, 0.5) is 0 Å². The molecule has 4 aromatic carbocycles. The Morgan fingerprint density at radius 1 is 0.398 bits per heavy atom. The molecule has 2 aliphatic carbocycles. The lowest BCUT2D eigenvalue weighted by atomic mass is 9.83. The van der Waals surface area contributed by atoms with E-state index in [0.29, 0.717) is 64.7 Å². The predicted octanol–water partition coefficient (Wildman–Crippen LogP) is 6.74. The average molecular weight is 1210 g/mol. The van der Waals surface area contributed by atoms with Crippen LogP contribution in [0.1, 0.15) is 164 Å². The second-order valence-corrected chi connectivity index (χ2v) is 24.7. The van der Waals surface area contributed by atoms with Gasteiger partial charge in [0.1, 0.15) is 36.3 Å². The van der Waals surface area contributed by atoms with Crippen LogP contribution in [0.25, 0.3) is 0 Å². The van der Waals surface area contributed by atoms with Gasteiger partial charge in [0.25, 0.3) is 0 Å². The molecule has 8 amide bonds. The lowest BCUT2D eigenvalue weighted by Crippen LogP contribution is -2.59. The number of hydrogen-bond acceptors (Lipinski definition) is 10. The third-order valence-corrected chi connectivity index (χ3v) is 18.9. The molecule has 2 heterocycles. The van der Waals surface area contributed by atoms with Crippen molar-refractivity contribution in [2.75, 3.05) is 40.3 Å². The molecule has 88 heavy (non-hydrogen) atoms. The highest BCUT2D eigenvalue weighted by molar-refractivity contribution is 5.97. The van der Waals surface area contributed by atoms with Gasteiger partial charge < -0.3 is 52.3 Å². The lowest BCUT2D eigenvalue weighted by molar-refractivity contribution is -0.143. The van der Waals surface area contributed by atoms with Crippen LogP contribution in [-0.2, 0) is 38.4 Å². The van der Waals surface area contributed by atoms with Crippen LogP contribution in [0.3, 0.4) is 0 Å². The van der Waals surface area contributed by atoms with E-state index in [0.717, 1.165) is 99.3 Å². The molecule has 18 heteroatoms. The molecule has 0 aromatic heterocycles. The lowest BCUT2D eigenvalue weighted by Gasteiger charge is -2.36. The maximum absolute atomic E-state index is 14.8. The van der Waals surface area contributed by atoms with Crippen molar-refractivity contribution >= 4 is 47.3 Å².